The summed E-state index contributed by atoms with van der Waals surface area (Å²) in [6.07, 6.45) is 22.3. The van der Waals surface area contributed by atoms with Crippen LogP contribution in [0, 0.1) is 23.7 Å². The first kappa shape index (κ1) is 23.6. The number of hydrogen-bond donors (Lipinski definition) is 0. The number of rotatable bonds is 12. The molecule has 30 heavy (non-hydrogen) atoms. The smallest absolute Gasteiger partial charge is 0.0716 e. The van der Waals surface area contributed by atoms with Gasteiger partial charge in [0.05, 0.1) is 6.61 Å². The van der Waals surface area contributed by atoms with E-state index in [2.05, 4.69) is 43.8 Å². The Balaban J connectivity index is 1.26. The summed E-state index contributed by atoms with van der Waals surface area (Å²) in [6.45, 7) is 7.48. The number of allylic oxidation sites excluding steroid dienone is 1. The van der Waals surface area contributed by atoms with Crippen LogP contribution in [0.5, 0.6) is 0 Å². The third-order valence-electron chi connectivity index (χ3n) is 8.03. The van der Waals surface area contributed by atoms with Crippen LogP contribution in [0.3, 0.4) is 0 Å². The molecule has 2 saturated carbocycles. The summed E-state index contributed by atoms with van der Waals surface area (Å²) in [5, 5.41) is 0. The summed E-state index contributed by atoms with van der Waals surface area (Å²) in [6, 6.07) is 9.11. The van der Waals surface area contributed by atoms with Crippen molar-refractivity contribution in [2.24, 2.45) is 23.7 Å². The van der Waals surface area contributed by atoms with Gasteiger partial charge in [0, 0.05) is 6.61 Å². The van der Waals surface area contributed by atoms with E-state index in [9.17, 15) is 0 Å². The van der Waals surface area contributed by atoms with Gasteiger partial charge < -0.3 is 4.74 Å². The van der Waals surface area contributed by atoms with Gasteiger partial charge in [-0.2, -0.15) is 0 Å². The van der Waals surface area contributed by atoms with Crippen molar-refractivity contribution < 1.29 is 4.74 Å². The van der Waals surface area contributed by atoms with E-state index in [0.29, 0.717) is 0 Å². The maximum absolute atomic E-state index is 5.50. The summed E-state index contributed by atoms with van der Waals surface area (Å²) in [4.78, 5) is 0. The van der Waals surface area contributed by atoms with Crippen LogP contribution < -0.4 is 0 Å². The average Bonchev–Trinajstić information content (AvgIpc) is 2.80. The minimum atomic E-state index is 0.748. The van der Waals surface area contributed by atoms with Crippen LogP contribution in [-0.4, -0.2) is 6.61 Å². The van der Waals surface area contributed by atoms with Crippen molar-refractivity contribution in [2.75, 3.05) is 6.61 Å². The van der Waals surface area contributed by atoms with Crippen LogP contribution in [0.1, 0.15) is 102 Å². The first-order valence-electron chi connectivity index (χ1n) is 13.0. The zero-order chi connectivity index (χ0) is 21.0. The van der Waals surface area contributed by atoms with Crippen molar-refractivity contribution in [1.29, 1.82) is 0 Å². The monoisotopic (exact) mass is 410 g/mol. The minimum absolute atomic E-state index is 0.748. The number of aryl methyl sites for hydroxylation is 1. The van der Waals surface area contributed by atoms with Crippen molar-refractivity contribution in [3.8, 4) is 0 Å². The number of hydrogen-bond acceptors (Lipinski definition) is 1. The van der Waals surface area contributed by atoms with Gasteiger partial charge in [0.2, 0.25) is 0 Å². The Kier molecular flexibility index (Phi) is 10.5. The van der Waals surface area contributed by atoms with Crippen LogP contribution >= 0.6 is 0 Å². The molecule has 0 unspecified atom stereocenters. The maximum atomic E-state index is 5.50. The Hall–Kier alpha value is -1.08. The molecule has 2 aliphatic carbocycles. The Morgan fingerprint density at radius 1 is 0.733 bits per heavy atom. The molecule has 0 radical (unpaired) electrons. The van der Waals surface area contributed by atoms with E-state index in [4.69, 9.17) is 4.74 Å². The van der Waals surface area contributed by atoms with Gasteiger partial charge in [-0.15, -0.1) is 6.58 Å². The lowest BCUT2D eigenvalue weighted by atomic mass is 9.74. The SMILES string of the molecule is C=CCCC1CCC(CCC2CCC(CCc3ccc(COCC)cc3)CC2)CC1. The third-order valence-corrected chi connectivity index (χ3v) is 8.03. The van der Waals surface area contributed by atoms with Crippen LogP contribution in [0.4, 0.5) is 0 Å². The molecule has 0 amide bonds. The number of benzene rings is 1. The number of ether oxygens (including phenoxy) is 1. The first-order valence-corrected chi connectivity index (χ1v) is 13.0. The molecule has 168 valence electrons. The summed E-state index contributed by atoms with van der Waals surface area (Å²) in [5.41, 5.74) is 2.80. The van der Waals surface area contributed by atoms with Gasteiger partial charge in [-0.05, 0) is 67.4 Å². The molecule has 0 atom stereocenters. The zero-order valence-corrected chi connectivity index (χ0v) is 19.6. The van der Waals surface area contributed by atoms with Crippen LogP contribution in [0.2, 0.25) is 0 Å². The predicted molar refractivity (Wildman–Crippen MR) is 130 cm³/mol. The highest BCUT2D eigenvalue weighted by Gasteiger charge is 2.24. The molecule has 2 fully saturated rings. The normalized spacial score (nSPS) is 27.1. The second-order valence-electron chi connectivity index (χ2n) is 10.2. The van der Waals surface area contributed by atoms with E-state index in [-0.39, 0.29) is 0 Å². The van der Waals surface area contributed by atoms with E-state index in [1.807, 2.05) is 0 Å². The summed E-state index contributed by atoms with van der Waals surface area (Å²) >= 11 is 0. The third kappa shape index (κ3) is 8.22. The summed E-state index contributed by atoms with van der Waals surface area (Å²) in [7, 11) is 0. The predicted octanol–water partition coefficient (Wildman–Crippen LogP) is 8.51. The Morgan fingerprint density at radius 3 is 1.70 bits per heavy atom. The molecule has 0 spiro atoms. The maximum Gasteiger partial charge on any atom is 0.0716 e. The van der Waals surface area contributed by atoms with Crippen LogP contribution in [0.25, 0.3) is 0 Å². The Labute approximate surface area is 186 Å². The highest BCUT2D eigenvalue weighted by atomic mass is 16.5. The molecule has 0 N–H and O–H groups in total. The highest BCUT2D eigenvalue weighted by molar-refractivity contribution is 5.22. The molecule has 1 aromatic rings. The topological polar surface area (TPSA) is 9.23 Å². The average molecular weight is 411 g/mol. The van der Waals surface area contributed by atoms with Crippen LogP contribution in [0.15, 0.2) is 36.9 Å². The molecule has 2 aliphatic rings. The molecule has 0 bridgehead atoms. The van der Waals surface area contributed by atoms with Gasteiger partial charge in [-0.1, -0.05) is 94.5 Å². The van der Waals surface area contributed by atoms with E-state index in [0.717, 1.165) is 36.9 Å². The van der Waals surface area contributed by atoms with Crippen molar-refractivity contribution in [1.82, 2.24) is 0 Å². The molecule has 0 saturated heterocycles. The van der Waals surface area contributed by atoms with Crippen LogP contribution in [-0.2, 0) is 17.8 Å². The second kappa shape index (κ2) is 13.4. The molecule has 0 aliphatic heterocycles. The molecule has 0 aromatic heterocycles. The zero-order valence-electron chi connectivity index (χ0n) is 19.6. The minimum Gasteiger partial charge on any atom is -0.377 e. The lowest BCUT2D eigenvalue weighted by molar-refractivity contribution is 0.134. The first-order chi connectivity index (χ1) is 14.8. The molecular formula is C29H46O. The van der Waals surface area contributed by atoms with Crippen molar-refractivity contribution in [3.63, 3.8) is 0 Å². The molecule has 3 rings (SSSR count). The molecule has 1 nitrogen and oxygen atoms in total. The van der Waals surface area contributed by atoms with Gasteiger partial charge >= 0.3 is 0 Å². The highest BCUT2D eigenvalue weighted by Crippen LogP contribution is 2.38. The van der Waals surface area contributed by atoms with Crippen molar-refractivity contribution in [2.45, 2.75) is 103 Å². The summed E-state index contributed by atoms with van der Waals surface area (Å²) < 4.78 is 5.50. The molecule has 1 heteroatoms. The lowest BCUT2D eigenvalue weighted by Gasteiger charge is -2.32. The Bertz CT molecular complexity index is 573. The molecule has 0 heterocycles. The van der Waals surface area contributed by atoms with E-state index < -0.39 is 0 Å². The standard InChI is InChI=1S/C29H46O/c1-3-5-6-24-7-9-25(10-8-24)11-12-26-13-15-27(16-14-26)17-18-28-19-21-29(22-20-28)23-30-4-2/h3,19-22,24-27H,1,4-18,23H2,2H3. The van der Waals surface area contributed by atoms with Crippen molar-refractivity contribution >= 4 is 0 Å². The second-order valence-corrected chi connectivity index (χ2v) is 10.2. The fourth-order valence-corrected chi connectivity index (χ4v) is 5.84. The van der Waals surface area contributed by atoms with Gasteiger partial charge in [0.1, 0.15) is 0 Å². The van der Waals surface area contributed by atoms with E-state index in [1.54, 1.807) is 0 Å². The largest absolute Gasteiger partial charge is 0.377 e. The summed E-state index contributed by atoms with van der Waals surface area (Å²) in [5.74, 6) is 4.02. The lowest BCUT2D eigenvalue weighted by Crippen LogP contribution is -2.18. The Morgan fingerprint density at radius 2 is 1.20 bits per heavy atom. The molecule has 1 aromatic carbocycles. The van der Waals surface area contributed by atoms with Gasteiger partial charge in [-0.3, -0.25) is 0 Å². The van der Waals surface area contributed by atoms with E-state index in [1.165, 1.54) is 101 Å². The molecular weight excluding hydrogens is 364 g/mol. The fourth-order valence-electron chi connectivity index (χ4n) is 5.84. The van der Waals surface area contributed by atoms with Gasteiger partial charge in [-0.25, -0.2) is 0 Å². The van der Waals surface area contributed by atoms with Gasteiger partial charge in [0.15, 0.2) is 0 Å². The van der Waals surface area contributed by atoms with E-state index >= 15 is 0 Å². The van der Waals surface area contributed by atoms with Crippen molar-refractivity contribution in [3.05, 3.63) is 48.0 Å². The fraction of sp³-hybridized carbons (Fsp3) is 0.724. The quantitative estimate of drug-likeness (QED) is 0.314. The van der Waals surface area contributed by atoms with Gasteiger partial charge in [0.25, 0.3) is 0 Å².